The Kier molecular flexibility index (Phi) is 5.09. The van der Waals surface area contributed by atoms with Crippen LogP contribution in [0.15, 0.2) is 18.2 Å². The molecule has 0 aliphatic carbocycles. The molecule has 0 saturated heterocycles. The Morgan fingerprint density at radius 3 is 2.55 bits per heavy atom. The van der Waals surface area contributed by atoms with Crippen LogP contribution in [0.1, 0.15) is 38.8 Å². The van der Waals surface area contributed by atoms with Gasteiger partial charge in [-0.15, -0.1) is 0 Å². The number of hydrogen-bond donors (Lipinski definition) is 1. The summed E-state index contributed by atoms with van der Waals surface area (Å²) in [5, 5.41) is 3.61. The van der Waals surface area contributed by atoms with E-state index in [1.807, 2.05) is 0 Å². The summed E-state index contributed by atoms with van der Waals surface area (Å²) >= 11 is 0. The van der Waals surface area contributed by atoms with E-state index in [-0.39, 0.29) is 0 Å². The number of benzene rings is 1. The van der Waals surface area contributed by atoms with Crippen molar-refractivity contribution in [2.24, 2.45) is 17.8 Å². The third-order valence-electron chi connectivity index (χ3n) is 4.42. The van der Waals surface area contributed by atoms with Crippen molar-refractivity contribution in [1.82, 2.24) is 5.32 Å². The fourth-order valence-corrected chi connectivity index (χ4v) is 3.22. The van der Waals surface area contributed by atoms with Crippen molar-refractivity contribution in [2.75, 3.05) is 13.1 Å². The summed E-state index contributed by atoms with van der Waals surface area (Å²) in [6.07, 6.45) is 1.34. The zero-order valence-electron chi connectivity index (χ0n) is 13.6. The van der Waals surface area contributed by atoms with E-state index in [9.17, 15) is 0 Å². The molecule has 1 heterocycles. The molecular formula is C18H29NO. The summed E-state index contributed by atoms with van der Waals surface area (Å²) in [6, 6.07) is 6.48. The van der Waals surface area contributed by atoms with Gasteiger partial charge in [0.2, 0.25) is 0 Å². The van der Waals surface area contributed by atoms with Gasteiger partial charge in [-0.3, -0.25) is 0 Å². The predicted molar refractivity (Wildman–Crippen MR) is 85.3 cm³/mol. The SMILES string of the molecule is Cc1ccc2c(c1)CC(CNCC(C(C)C)C(C)C)O2. The standard InChI is InChI=1S/C18H29NO/c1-12(2)17(13(3)4)11-19-10-16-9-15-8-14(5)6-7-18(15)20-16/h6-8,12-13,16-17,19H,9-11H2,1-5H3. The van der Waals surface area contributed by atoms with Gasteiger partial charge >= 0.3 is 0 Å². The van der Waals surface area contributed by atoms with Gasteiger partial charge in [-0.25, -0.2) is 0 Å². The molecule has 2 heteroatoms. The summed E-state index contributed by atoms with van der Waals surface area (Å²) in [4.78, 5) is 0. The van der Waals surface area contributed by atoms with Crippen molar-refractivity contribution in [3.05, 3.63) is 29.3 Å². The van der Waals surface area contributed by atoms with Crippen molar-refractivity contribution >= 4 is 0 Å². The normalized spacial score (nSPS) is 17.9. The van der Waals surface area contributed by atoms with Gasteiger partial charge in [0.05, 0.1) is 0 Å². The zero-order chi connectivity index (χ0) is 14.7. The van der Waals surface area contributed by atoms with E-state index in [2.05, 4.69) is 58.1 Å². The van der Waals surface area contributed by atoms with Crippen LogP contribution >= 0.6 is 0 Å². The average Bonchev–Trinajstić information content (AvgIpc) is 2.75. The van der Waals surface area contributed by atoms with Crippen molar-refractivity contribution in [3.63, 3.8) is 0 Å². The monoisotopic (exact) mass is 275 g/mol. The second kappa shape index (κ2) is 6.62. The smallest absolute Gasteiger partial charge is 0.123 e. The van der Waals surface area contributed by atoms with Crippen LogP contribution in [-0.2, 0) is 6.42 Å². The largest absolute Gasteiger partial charge is 0.488 e. The van der Waals surface area contributed by atoms with Crippen molar-refractivity contribution in [1.29, 1.82) is 0 Å². The zero-order valence-corrected chi connectivity index (χ0v) is 13.6. The Bertz CT molecular complexity index is 431. The van der Waals surface area contributed by atoms with Gasteiger partial charge in [0.25, 0.3) is 0 Å². The van der Waals surface area contributed by atoms with Crippen LogP contribution in [0, 0.1) is 24.7 Å². The molecule has 0 fully saturated rings. The molecule has 1 atom stereocenters. The molecule has 2 rings (SSSR count). The van der Waals surface area contributed by atoms with Crippen LogP contribution in [0.3, 0.4) is 0 Å². The fraction of sp³-hybridized carbons (Fsp3) is 0.667. The molecule has 20 heavy (non-hydrogen) atoms. The number of aryl methyl sites for hydroxylation is 1. The quantitative estimate of drug-likeness (QED) is 0.852. The maximum atomic E-state index is 6.00. The minimum Gasteiger partial charge on any atom is -0.488 e. The van der Waals surface area contributed by atoms with E-state index in [1.54, 1.807) is 0 Å². The second-order valence-electron chi connectivity index (χ2n) is 6.87. The van der Waals surface area contributed by atoms with Crippen LogP contribution < -0.4 is 10.1 Å². The topological polar surface area (TPSA) is 21.3 Å². The van der Waals surface area contributed by atoms with Gasteiger partial charge < -0.3 is 10.1 Å². The summed E-state index contributed by atoms with van der Waals surface area (Å²) in [6.45, 7) is 13.4. The van der Waals surface area contributed by atoms with Gasteiger partial charge in [-0.05, 0) is 42.9 Å². The molecule has 1 aromatic rings. The van der Waals surface area contributed by atoms with Crippen LogP contribution in [0.25, 0.3) is 0 Å². The van der Waals surface area contributed by atoms with E-state index >= 15 is 0 Å². The van der Waals surface area contributed by atoms with Crippen molar-refractivity contribution < 1.29 is 4.74 Å². The molecule has 0 spiro atoms. The minimum absolute atomic E-state index is 0.298. The summed E-state index contributed by atoms with van der Waals surface area (Å²) in [5.74, 6) is 3.27. The predicted octanol–water partition coefficient (Wildman–Crippen LogP) is 3.82. The van der Waals surface area contributed by atoms with E-state index in [0.717, 1.165) is 43.0 Å². The molecule has 0 radical (unpaired) electrons. The van der Waals surface area contributed by atoms with Gasteiger partial charge in [0, 0.05) is 13.0 Å². The molecule has 2 nitrogen and oxygen atoms in total. The highest BCUT2D eigenvalue weighted by molar-refractivity contribution is 5.40. The summed E-state index contributed by atoms with van der Waals surface area (Å²) in [5.41, 5.74) is 2.68. The van der Waals surface area contributed by atoms with E-state index in [1.165, 1.54) is 11.1 Å². The summed E-state index contributed by atoms with van der Waals surface area (Å²) in [7, 11) is 0. The molecule has 0 bridgehead atoms. The molecule has 0 aromatic heterocycles. The highest BCUT2D eigenvalue weighted by Crippen LogP contribution is 2.29. The molecule has 1 aliphatic heterocycles. The highest BCUT2D eigenvalue weighted by atomic mass is 16.5. The van der Waals surface area contributed by atoms with Gasteiger partial charge in [0.15, 0.2) is 0 Å². The number of ether oxygens (including phenoxy) is 1. The Balaban J connectivity index is 1.80. The Morgan fingerprint density at radius 2 is 1.90 bits per heavy atom. The average molecular weight is 275 g/mol. The van der Waals surface area contributed by atoms with Crippen LogP contribution in [0.2, 0.25) is 0 Å². The highest BCUT2D eigenvalue weighted by Gasteiger charge is 2.23. The second-order valence-corrected chi connectivity index (χ2v) is 6.87. The van der Waals surface area contributed by atoms with E-state index in [4.69, 9.17) is 4.74 Å². The minimum atomic E-state index is 0.298. The van der Waals surface area contributed by atoms with Crippen LogP contribution in [-0.4, -0.2) is 19.2 Å². The Labute approximate surface area is 123 Å². The lowest BCUT2D eigenvalue weighted by molar-refractivity contribution is 0.211. The Morgan fingerprint density at radius 1 is 1.20 bits per heavy atom. The molecule has 0 amide bonds. The maximum Gasteiger partial charge on any atom is 0.123 e. The van der Waals surface area contributed by atoms with Crippen LogP contribution in [0.5, 0.6) is 5.75 Å². The summed E-state index contributed by atoms with van der Waals surface area (Å²) < 4.78 is 6.00. The molecule has 112 valence electrons. The maximum absolute atomic E-state index is 6.00. The van der Waals surface area contributed by atoms with E-state index in [0.29, 0.717) is 6.10 Å². The molecule has 1 aromatic carbocycles. The Hall–Kier alpha value is -1.02. The van der Waals surface area contributed by atoms with Gasteiger partial charge in [0.1, 0.15) is 11.9 Å². The van der Waals surface area contributed by atoms with Crippen molar-refractivity contribution in [3.8, 4) is 5.75 Å². The molecule has 1 unspecified atom stereocenters. The molecular weight excluding hydrogens is 246 g/mol. The van der Waals surface area contributed by atoms with Crippen molar-refractivity contribution in [2.45, 2.75) is 47.1 Å². The third-order valence-corrected chi connectivity index (χ3v) is 4.42. The van der Waals surface area contributed by atoms with Crippen LogP contribution in [0.4, 0.5) is 0 Å². The molecule has 1 N–H and O–H groups in total. The van der Waals surface area contributed by atoms with Gasteiger partial charge in [-0.1, -0.05) is 45.4 Å². The number of nitrogens with one attached hydrogen (secondary N) is 1. The number of hydrogen-bond acceptors (Lipinski definition) is 2. The number of rotatable bonds is 6. The third kappa shape index (κ3) is 3.76. The van der Waals surface area contributed by atoms with Gasteiger partial charge in [-0.2, -0.15) is 0 Å². The molecule has 1 aliphatic rings. The lowest BCUT2D eigenvalue weighted by Gasteiger charge is -2.25. The fourth-order valence-electron chi connectivity index (χ4n) is 3.22. The van der Waals surface area contributed by atoms with E-state index < -0.39 is 0 Å². The lowest BCUT2D eigenvalue weighted by Crippen LogP contribution is -2.36. The number of fused-ring (bicyclic) bond motifs is 1. The first-order chi connectivity index (χ1) is 9.47. The lowest BCUT2D eigenvalue weighted by atomic mass is 9.85. The first-order valence-corrected chi connectivity index (χ1v) is 7.94. The first-order valence-electron chi connectivity index (χ1n) is 7.94. The molecule has 0 saturated carbocycles. The first kappa shape index (κ1) is 15.4.